The van der Waals surface area contributed by atoms with Gasteiger partial charge in [-0.15, -0.1) is 0 Å². The van der Waals surface area contributed by atoms with Crippen LogP contribution in [0.3, 0.4) is 0 Å². The molecule has 0 spiro atoms. The molecule has 1 radical (unpaired) electrons. The topological polar surface area (TPSA) is 80.5 Å². The van der Waals surface area contributed by atoms with Crippen molar-refractivity contribution in [2.24, 2.45) is 5.73 Å². The highest BCUT2D eigenvalue weighted by atomic mass is 16.2. The number of ketones is 1. The van der Waals surface area contributed by atoms with E-state index in [0.717, 1.165) is 5.56 Å². The second-order valence-electron chi connectivity index (χ2n) is 4.13. The monoisotopic (exact) mass is 245 g/mol. The lowest BCUT2D eigenvalue weighted by Gasteiger charge is -2.36. The Labute approximate surface area is 105 Å². The van der Waals surface area contributed by atoms with E-state index in [2.05, 4.69) is 0 Å². The average Bonchev–Trinajstić information content (AvgIpc) is 2.33. The first kappa shape index (κ1) is 12.3. The van der Waals surface area contributed by atoms with Gasteiger partial charge in [0.15, 0.2) is 11.8 Å². The molecule has 1 atom stereocenters. The molecule has 5 heteroatoms. The molecule has 0 saturated carbocycles. The van der Waals surface area contributed by atoms with Gasteiger partial charge < -0.3 is 10.6 Å². The predicted octanol–water partition coefficient (Wildman–Crippen LogP) is -0.301. The second kappa shape index (κ2) is 5.00. The van der Waals surface area contributed by atoms with Crippen LogP contribution in [0.5, 0.6) is 0 Å². The van der Waals surface area contributed by atoms with E-state index in [1.54, 1.807) is 0 Å². The molecule has 93 valence electrons. The summed E-state index contributed by atoms with van der Waals surface area (Å²) in [7, 11) is 0. The van der Waals surface area contributed by atoms with Crippen LogP contribution in [0.15, 0.2) is 30.3 Å². The van der Waals surface area contributed by atoms with Gasteiger partial charge in [0, 0.05) is 0 Å². The van der Waals surface area contributed by atoms with E-state index < -0.39 is 11.9 Å². The van der Waals surface area contributed by atoms with Gasteiger partial charge in [-0.2, -0.15) is 0 Å². The number of nitrogens with two attached hydrogens (primary N) is 1. The van der Waals surface area contributed by atoms with Crippen molar-refractivity contribution in [3.63, 3.8) is 0 Å². The highest BCUT2D eigenvalue weighted by molar-refractivity contribution is 6.14. The third-order valence-electron chi connectivity index (χ3n) is 2.85. The lowest BCUT2D eigenvalue weighted by atomic mass is 9.99. The number of likely N-dealkylation sites (tertiary alicyclic amines) is 1. The zero-order chi connectivity index (χ0) is 13.1. The number of amides is 2. The lowest BCUT2D eigenvalue weighted by molar-refractivity contribution is -0.154. The number of hydrogen-bond donors (Lipinski definition) is 1. The summed E-state index contributed by atoms with van der Waals surface area (Å²) in [4.78, 5) is 35.1. The van der Waals surface area contributed by atoms with E-state index >= 15 is 0 Å². The van der Waals surface area contributed by atoms with Crippen molar-refractivity contribution in [3.8, 4) is 0 Å². The molecule has 1 aliphatic heterocycles. The molecule has 0 bridgehead atoms. The molecular formula is C13H13N2O3. The summed E-state index contributed by atoms with van der Waals surface area (Å²) in [6.07, 6.45) is 1.92. The minimum absolute atomic E-state index is 0.0300. The fourth-order valence-corrected chi connectivity index (χ4v) is 1.86. The number of carbonyl (C=O) groups is 3. The first-order valence-electron chi connectivity index (χ1n) is 5.59. The van der Waals surface area contributed by atoms with E-state index in [-0.39, 0.29) is 18.2 Å². The molecule has 0 aromatic heterocycles. The molecule has 1 heterocycles. The minimum atomic E-state index is -1.08. The van der Waals surface area contributed by atoms with Crippen LogP contribution in [0.25, 0.3) is 0 Å². The van der Waals surface area contributed by atoms with Gasteiger partial charge in [0.1, 0.15) is 0 Å². The van der Waals surface area contributed by atoms with E-state index in [9.17, 15) is 14.4 Å². The van der Waals surface area contributed by atoms with Crippen molar-refractivity contribution in [2.45, 2.75) is 12.5 Å². The normalized spacial score (nSPS) is 18.3. The number of benzene rings is 1. The Hall–Kier alpha value is -2.17. The maximum atomic E-state index is 11.8. The summed E-state index contributed by atoms with van der Waals surface area (Å²) in [5.41, 5.74) is 6.05. The van der Waals surface area contributed by atoms with Crippen molar-refractivity contribution in [3.05, 3.63) is 42.3 Å². The number of carbonyl (C=O) groups excluding carboxylic acids is 3. The van der Waals surface area contributed by atoms with Crippen LogP contribution in [-0.4, -0.2) is 35.1 Å². The van der Waals surface area contributed by atoms with Crippen LogP contribution in [0.1, 0.15) is 5.56 Å². The Morgan fingerprint density at radius 2 is 2.00 bits per heavy atom. The molecule has 0 aliphatic carbocycles. The summed E-state index contributed by atoms with van der Waals surface area (Å²) in [6, 6.07) is 8.38. The van der Waals surface area contributed by atoms with Crippen LogP contribution in [0, 0.1) is 6.42 Å². The molecule has 1 unspecified atom stereocenters. The molecule has 5 nitrogen and oxygen atoms in total. The van der Waals surface area contributed by atoms with E-state index in [1.807, 2.05) is 30.3 Å². The number of nitrogens with zero attached hydrogens (tertiary/aromatic N) is 1. The molecule has 1 aromatic carbocycles. The van der Waals surface area contributed by atoms with Gasteiger partial charge in [0.05, 0.1) is 13.0 Å². The van der Waals surface area contributed by atoms with Crippen LogP contribution in [0.2, 0.25) is 0 Å². The maximum Gasteiger partial charge on any atom is 0.248 e. The molecule has 2 rings (SSSR count). The number of hydrogen-bond acceptors (Lipinski definition) is 3. The predicted molar refractivity (Wildman–Crippen MR) is 64.1 cm³/mol. The van der Waals surface area contributed by atoms with Gasteiger partial charge >= 0.3 is 0 Å². The first-order chi connectivity index (χ1) is 8.59. The zero-order valence-electron chi connectivity index (χ0n) is 9.70. The highest BCUT2D eigenvalue weighted by Crippen LogP contribution is 2.15. The molecule has 1 fully saturated rings. The van der Waals surface area contributed by atoms with E-state index in [1.165, 1.54) is 11.3 Å². The summed E-state index contributed by atoms with van der Waals surface area (Å²) < 4.78 is 0. The minimum Gasteiger partial charge on any atom is -0.367 e. The average molecular weight is 245 g/mol. The number of Topliss-reactive ketones (excluding diaryl/α,β-unsaturated/α-hetero) is 1. The Morgan fingerprint density at radius 1 is 1.33 bits per heavy atom. The molecule has 1 saturated heterocycles. The van der Waals surface area contributed by atoms with Crippen LogP contribution in [-0.2, 0) is 20.8 Å². The third kappa shape index (κ3) is 2.40. The SMILES string of the molecule is NC(=O)C1C(=O)CN1C(=O)[CH]Cc1ccccc1. The van der Waals surface area contributed by atoms with Gasteiger partial charge in [-0.25, -0.2) is 0 Å². The Morgan fingerprint density at radius 3 is 2.56 bits per heavy atom. The second-order valence-corrected chi connectivity index (χ2v) is 4.13. The Kier molecular flexibility index (Phi) is 3.41. The standard InChI is InChI=1S/C13H13N2O3/c14-13(18)12-10(16)8-15(12)11(17)7-6-9-4-2-1-3-5-9/h1-5,7,12H,6,8H2,(H2,14,18). The van der Waals surface area contributed by atoms with Crippen molar-refractivity contribution in [1.82, 2.24) is 4.90 Å². The van der Waals surface area contributed by atoms with Gasteiger partial charge in [-0.1, -0.05) is 30.3 Å². The first-order valence-corrected chi connectivity index (χ1v) is 5.59. The van der Waals surface area contributed by atoms with Crippen LogP contribution < -0.4 is 5.73 Å². The largest absolute Gasteiger partial charge is 0.367 e. The molecule has 18 heavy (non-hydrogen) atoms. The van der Waals surface area contributed by atoms with E-state index in [4.69, 9.17) is 5.73 Å². The maximum absolute atomic E-state index is 11.8. The molecule has 1 aliphatic rings. The van der Waals surface area contributed by atoms with Crippen molar-refractivity contribution < 1.29 is 14.4 Å². The summed E-state index contributed by atoms with van der Waals surface area (Å²) >= 11 is 0. The number of primary amides is 1. The Balaban J connectivity index is 1.90. The third-order valence-corrected chi connectivity index (χ3v) is 2.85. The summed E-state index contributed by atoms with van der Waals surface area (Å²) in [5.74, 6) is -1.40. The number of rotatable bonds is 4. The summed E-state index contributed by atoms with van der Waals surface area (Å²) in [5, 5.41) is 0. The quantitative estimate of drug-likeness (QED) is 0.739. The smallest absolute Gasteiger partial charge is 0.248 e. The van der Waals surface area contributed by atoms with Gasteiger partial charge in [0.25, 0.3) is 0 Å². The van der Waals surface area contributed by atoms with Crippen molar-refractivity contribution >= 4 is 17.6 Å². The van der Waals surface area contributed by atoms with Gasteiger partial charge in [0.2, 0.25) is 11.8 Å². The molecule has 2 amide bonds. The van der Waals surface area contributed by atoms with Crippen molar-refractivity contribution in [1.29, 1.82) is 0 Å². The molecular weight excluding hydrogens is 232 g/mol. The molecule has 2 N–H and O–H groups in total. The van der Waals surface area contributed by atoms with Crippen molar-refractivity contribution in [2.75, 3.05) is 6.54 Å². The zero-order valence-corrected chi connectivity index (χ0v) is 9.70. The fourth-order valence-electron chi connectivity index (χ4n) is 1.86. The van der Waals surface area contributed by atoms with Crippen LogP contribution in [0.4, 0.5) is 0 Å². The van der Waals surface area contributed by atoms with Gasteiger partial charge in [-0.3, -0.25) is 14.4 Å². The van der Waals surface area contributed by atoms with Crippen LogP contribution >= 0.6 is 0 Å². The summed E-state index contributed by atoms with van der Waals surface area (Å²) in [6.45, 7) is -0.0300. The lowest BCUT2D eigenvalue weighted by Crippen LogP contribution is -2.64. The van der Waals surface area contributed by atoms with Gasteiger partial charge in [-0.05, 0) is 12.0 Å². The highest BCUT2D eigenvalue weighted by Gasteiger charge is 2.44. The fraction of sp³-hybridized carbons (Fsp3) is 0.231. The van der Waals surface area contributed by atoms with E-state index in [0.29, 0.717) is 6.42 Å². The Bertz CT molecular complexity index is 476. The molecule has 1 aromatic rings.